The number of carbonyl (C=O) groups excluding carboxylic acids is 1. The Morgan fingerprint density at radius 2 is 2.04 bits per heavy atom. The highest BCUT2D eigenvalue weighted by molar-refractivity contribution is 5.93. The summed E-state index contributed by atoms with van der Waals surface area (Å²) in [7, 11) is 5.99. The van der Waals surface area contributed by atoms with E-state index in [-0.39, 0.29) is 11.9 Å². The Kier molecular flexibility index (Phi) is 5.50. The summed E-state index contributed by atoms with van der Waals surface area (Å²) in [6.45, 7) is 3.75. The average molecular weight is 341 g/mol. The van der Waals surface area contributed by atoms with Gasteiger partial charge in [0.1, 0.15) is 0 Å². The van der Waals surface area contributed by atoms with Gasteiger partial charge in [0.15, 0.2) is 0 Å². The van der Waals surface area contributed by atoms with Gasteiger partial charge in [-0.15, -0.1) is 0 Å². The highest BCUT2D eigenvalue weighted by Gasteiger charge is 2.34. The van der Waals surface area contributed by atoms with Gasteiger partial charge in [-0.25, -0.2) is 0 Å². The summed E-state index contributed by atoms with van der Waals surface area (Å²) in [5, 5.41) is 7.31. The van der Waals surface area contributed by atoms with Crippen LogP contribution in [0.25, 0.3) is 0 Å². The molecule has 134 valence electrons. The Morgan fingerprint density at radius 1 is 1.28 bits per heavy atom. The average Bonchev–Trinajstić information content (AvgIpc) is 3.15. The predicted octanol–water partition coefficient (Wildman–Crippen LogP) is 1.21. The van der Waals surface area contributed by atoms with Crippen molar-refractivity contribution >= 4 is 5.91 Å². The first-order valence-corrected chi connectivity index (χ1v) is 8.72. The molecule has 1 aromatic carbocycles. The van der Waals surface area contributed by atoms with Gasteiger partial charge in [0, 0.05) is 51.4 Å². The monoisotopic (exact) mass is 341 g/mol. The molecule has 1 fully saturated rings. The third kappa shape index (κ3) is 4.67. The number of hydrogen-bond acceptors (Lipinski definition) is 4. The number of amides is 1. The van der Waals surface area contributed by atoms with E-state index in [0.29, 0.717) is 11.5 Å². The molecular weight excluding hydrogens is 314 g/mol. The summed E-state index contributed by atoms with van der Waals surface area (Å²) >= 11 is 0. The van der Waals surface area contributed by atoms with Crippen LogP contribution in [0.1, 0.15) is 15.9 Å². The van der Waals surface area contributed by atoms with Gasteiger partial charge in [-0.2, -0.15) is 5.10 Å². The molecule has 1 aliphatic rings. The smallest absolute Gasteiger partial charge is 0.254 e. The summed E-state index contributed by atoms with van der Waals surface area (Å²) in [5.41, 5.74) is 1.93. The Bertz CT molecular complexity index is 697. The maximum atomic E-state index is 12.5. The maximum absolute atomic E-state index is 12.5. The molecule has 0 spiro atoms. The molecule has 1 N–H and O–H groups in total. The zero-order valence-electron chi connectivity index (χ0n) is 15.2. The molecule has 0 bridgehead atoms. The minimum Gasteiger partial charge on any atom is -0.348 e. The van der Waals surface area contributed by atoms with Gasteiger partial charge >= 0.3 is 0 Å². The lowest BCUT2D eigenvalue weighted by molar-refractivity contribution is 0.0926. The molecule has 3 rings (SSSR count). The molecule has 1 saturated heterocycles. The van der Waals surface area contributed by atoms with Crippen LogP contribution in [0.5, 0.6) is 0 Å². The van der Waals surface area contributed by atoms with Crippen LogP contribution < -0.4 is 5.32 Å². The minimum atomic E-state index is -0.0385. The van der Waals surface area contributed by atoms with Crippen molar-refractivity contribution in [1.82, 2.24) is 24.9 Å². The normalized spacial score (nSPS) is 21.0. The highest BCUT2D eigenvalue weighted by Crippen LogP contribution is 2.20. The van der Waals surface area contributed by atoms with Gasteiger partial charge in [-0.3, -0.25) is 14.4 Å². The molecule has 2 atom stereocenters. The van der Waals surface area contributed by atoms with Gasteiger partial charge in [0.25, 0.3) is 5.91 Å². The number of rotatable bonds is 6. The first-order chi connectivity index (χ1) is 12.0. The van der Waals surface area contributed by atoms with Crippen LogP contribution in [0.3, 0.4) is 0 Å². The fraction of sp³-hybridized carbons (Fsp3) is 0.474. The second-order valence-electron chi connectivity index (χ2n) is 7.18. The van der Waals surface area contributed by atoms with Crippen molar-refractivity contribution in [2.75, 3.05) is 33.7 Å². The fourth-order valence-electron chi connectivity index (χ4n) is 3.54. The lowest BCUT2D eigenvalue weighted by Gasteiger charge is -2.22. The SMILES string of the molecule is CN(C)C[C@@H]1CN(Cc2ccccc2)C[C@H]1NC(=O)c1cnn(C)c1. The van der Waals surface area contributed by atoms with Crippen LogP contribution in [0.2, 0.25) is 0 Å². The molecule has 2 aromatic rings. The topological polar surface area (TPSA) is 53.4 Å². The number of nitrogens with zero attached hydrogens (tertiary/aromatic N) is 4. The van der Waals surface area contributed by atoms with Crippen LogP contribution in [0.4, 0.5) is 0 Å². The fourth-order valence-corrected chi connectivity index (χ4v) is 3.54. The van der Waals surface area contributed by atoms with E-state index in [2.05, 4.69) is 58.6 Å². The van der Waals surface area contributed by atoms with Gasteiger partial charge in [0.05, 0.1) is 11.8 Å². The summed E-state index contributed by atoms with van der Waals surface area (Å²) < 4.78 is 1.66. The molecular formula is C19H27N5O. The highest BCUT2D eigenvalue weighted by atomic mass is 16.1. The summed E-state index contributed by atoms with van der Waals surface area (Å²) in [6.07, 6.45) is 3.37. The number of aromatic nitrogens is 2. The zero-order valence-corrected chi connectivity index (χ0v) is 15.2. The van der Waals surface area contributed by atoms with Crippen LogP contribution in [0, 0.1) is 5.92 Å². The molecule has 0 saturated carbocycles. The van der Waals surface area contributed by atoms with Crippen molar-refractivity contribution < 1.29 is 4.79 Å². The number of likely N-dealkylation sites (tertiary alicyclic amines) is 1. The predicted molar refractivity (Wildman–Crippen MR) is 98.2 cm³/mol. The van der Waals surface area contributed by atoms with Gasteiger partial charge in [0.2, 0.25) is 0 Å². The Balaban J connectivity index is 1.66. The van der Waals surface area contributed by atoms with E-state index in [1.165, 1.54) is 5.56 Å². The van der Waals surface area contributed by atoms with E-state index in [1.54, 1.807) is 17.1 Å². The molecule has 0 aliphatic carbocycles. The third-order valence-corrected chi connectivity index (χ3v) is 4.65. The lowest BCUT2D eigenvalue weighted by Crippen LogP contribution is -2.43. The Morgan fingerprint density at radius 3 is 2.68 bits per heavy atom. The van der Waals surface area contributed by atoms with E-state index in [0.717, 1.165) is 26.2 Å². The molecule has 1 amide bonds. The number of nitrogens with one attached hydrogen (secondary N) is 1. The summed E-state index contributed by atoms with van der Waals surface area (Å²) in [6, 6.07) is 10.7. The first kappa shape index (κ1) is 17.6. The van der Waals surface area contributed by atoms with Crippen molar-refractivity contribution in [3.05, 3.63) is 53.9 Å². The van der Waals surface area contributed by atoms with E-state index in [4.69, 9.17) is 0 Å². The Labute approximate surface area is 149 Å². The van der Waals surface area contributed by atoms with E-state index in [1.807, 2.05) is 13.1 Å². The van der Waals surface area contributed by atoms with Crippen molar-refractivity contribution in [1.29, 1.82) is 0 Å². The van der Waals surface area contributed by atoms with Gasteiger partial charge in [-0.05, 0) is 19.7 Å². The zero-order chi connectivity index (χ0) is 17.8. The van der Waals surface area contributed by atoms with E-state index in [9.17, 15) is 4.79 Å². The van der Waals surface area contributed by atoms with Gasteiger partial charge in [-0.1, -0.05) is 30.3 Å². The first-order valence-electron chi connectivity index (χ1n) is 8.72. The quantitative estimate of drug-likeness (QED) is 0.858. The van der Waals surface area contributed by atoms with E-state index < -0.39 is 0 Å². The molecule has 0 radical (unpaired) electrons. The van der Waals surface area contributed by atoms with Crippen LogP contribution >= 0.6 is 0 Å². The van der Waals surface area contributed by atoms with Crippen molar-refractivity contribution in [3.63, 3.8) is 0 Å². The largest absolute Gasteiger partial charge is 0.348 e. The van der Waals surface area contributed by atoms with Crippen LogP contribution in [-0.4, -0.2) is 65.3 Å². The molecule has 2 heterocycles. The van der Waals surface area contributed by atoms with Crippen LogP contribution in [0.15, 0.2) is 42.7 Å². The number of hydrogen-bond donors (Lipinski definition) is 1. The molecule has 1 aliphatic heterocycles. The summed E-state index contributed by atoms with van der Waals surface area (Å²) in [4.78, 5) is 17.1. The van der Waals surface area contributed by atoms with Crippen LogP contribution in [-0.2, 0) is 13.6 Å². The third-order valence-electron chi connectivity index (χ3n) is 4.65. The number of carbonyl (C=O) groups is 1. The molecule has 25 heavy (non-hydrogen) atoms. The number of aryl methyl sites for hydroxylation is 1. The second-order valence-corrected chi connectivity index (χ2v) is 7.18. The molecule has 6 nitrogen and oxygen atoms in total. The molecule has 1 aromatic heterocycles. The second kappa shape index (κ2) is 7.80. The maximum Gasteiger partial charge on any atom is 0.254 e. The van der Waals surface area contributed by atoms with Crippen molar-refractivity contribution in [2.24, 2.45) is 13.0 Å². The number of benzene rings is 1. The molecule has 0 unspecified atom stereocenters. The van der Waals surface area contributed by atoms with Crippen molar-refractivity contribution in [3.8, 4) is 0 Å². The minimum absolute atomic E-state index is 0.0385. The van der Waals surface area contributed by atoms with Crippen molar-refractivity contribution in [2.45, 2.75) is 12.6 Å². The standard InChI is InChI=1S/C19H27N5O/c1-22(2)11-17-13-24(10-15-7-5-4-6-8-15)14-18(17)21-19(25)16-9-20-23(3)12-16/h4-9,12,17-18H,10-11,13-14H2,1-3H3,(H,21,25)/t17-,18-/m1/s1. The molecule has 6 heteroatoms. The Hall–Kier alpha value is -2.18. The van der Waals surface area contributed by atoms with Gasteiger partial charge < -0.3 is 10.2 Å². The summed E-state index contributed by atoms with van der Waals surface area (Å²) in [5.74, 6) is 0.378. The van der Waals surface area contributed by atoms with E-state index >= 15 is 0 Å². The lowest BCUT2D eigenvalue weighted by atomic mass is 10.0.